The van der Waals surface area contributed by atoms with E-state index in [0.29, 0.717) is 17.3 Å². The summed E-state index contributed by atoms with van der Waals surface area (Å²) in [6.45, 7) is 1.95. The van der Waals surface area contributed by atoms with Crippen LogP contribution in [0.3, 0.4) is 0 Å². The average molecular weight is 489 g/mol. The van der Waals surface area contributed by atoms with Gasteiger partial charge in [0.25, 0.3) is 0 Å². The first-order valence-corrected chi connectivity index (χ1v) is 12.6. The molecule has 1 unspecified atom stereocenters. The maximum Gasteiger partial charge on any atom is 0.230 e. The molecule has 1 atom stereocenters. The van der Waals surface area contributed by atoms with Crippen molar-refractivity contribution in [3.05, 3.63) is 71.5 Å². The van der Waals surface area contributed by atoms with E-state index in [0.717, 1.165) is 46.8 Å². The van der Waals surface area contributed by atoms with E-state index in [1.165, 1.54) is 22.9 Å². The van der Waals surface area contributed by atoms with Crippen molar-refractivity contribution < 1.29 is 14.3 Å². The molecular formula is C27H28N4O3S. The van der Waals surface area contributed by atoms with Crippen molar-refractivity contribution >= 4 is 23.3 Å². The van der Waals surface area contributed by atoms with E-state index in [4.69, 9.17) is 14.5 Å². The zero-order valence-corrected chi connectivity index (χ0v) is 20.9. The molecule has 2 heterocycles. The van der Waals surface area contributed by atoms with Gasteiger partial charge in [-0.1, -0.05) is 42.1 Å². The van der Waals surface area contributed by atoms with Gasteiger partial charge in [0.05, 0.1) is 32.2 Å². The Labute approximate surface area is 208 Å². The molecule has 5 rings (SSSR count). The fourth-order valence-corrected chi connectivity index (χ4v) is 5.51. The smallest absolute Gasteiger partial charge is 0.230 e. The van der Waals surface area contributed by atoms with Crippen molar-refractivity contribution in [2.45, 2.75) is 37.3 Å². The summed E-state index contributed by atoms with van der Waals surface area (Å²) >= 11 is 1.47. The van der Waals surface area contributed by atoms with Crippen LogP contribution >= 0.6 is 11.8 Å². The van der Waals surface area contributed by atoms with E-state index in [1.807, 2.05) is 37.3 Å². The highest BCUT2D eigenvalue weighted by Gasteiger charge is 2.22. The van der Waals surface area contributed by atoms with Gasteiger partial charge >= 0.3 is 0 Å². The lowest BCUT2D eigenvalue weighted by atomic mass is 9.88. The number of fused-ring (bicyclic) bond motifs is 2. The first kappa shape index (κ1) is 23.2. The van der Waals surface area contributed by atoms with Gasteiger partial charge in [0.2, 0.25) is 5.91 Å². The Morgan fingerprint density at radius 2 is 1.97 bits per heavy atom. The summed E-state index contributed by atoms with van der Waals surface area (Å²) in [6.07, 6.45) is 4.94. The van der Waals surface area contributed by atoms with Crippen molar-refractivity contribution in [3.63, 3.8) is 0 Å². The van der Waals surface area contributed by atoms with Crippen LogP contribution < -0.4 is 14.8 Å². The van der Waals surface area contributed by atoms with Crippen molar-refractivity contribution in [3.8, 4) is 22.6 Å². The third-order valence-electron chi connectivity index (χ3n) is 6.32. The summed E-state index contributed by atoms with van der Waals surface area (Å²) in [5.74, 6) is 1.64. The number of carbonyl (C=O) groups is 1. The van der Waals surface area contributed by atoms with Gasteiger partial charge in [0.1, 0.15) is 5.03 Å². The highest BCUT2D eigenvalue weighted by molar-refractivity contribution is 7.99. The molecule has 1 amide bonds. The van der Waals surface area contributed by atoms with Gasteiger partial charge in [-0.3, -0.25) is 4.79 Å². The standard InChI is InChI=1S/C27H28N4O3S/c1-17-13-26(35-16-25(32)30-22-10-6-8-18-7-4-5-9-20(18)22)31-27(29-17)21(15-28-31)19-11-12-23(33-2)24(14-19)34-3/h4-5,7,9,11-15,22H,6,8,10,16H2,1-3H3,(H,30,32). The molecule has 0 saturated heterocycles. The van der Waals surface area contributed by atoms with Crippen LogP contribution in [0.4, 0.5) is 0 Å². The minimum Gasteiger partial charge on any atom is -0.493 e. The van der Waals surface area contributed by atoms with Gasteiger partial charge in [0, 0.05) is 11.3 Å². The molecule has 8 heteroatoms. The summed E-state index contributed by atoms with van der Waals surface area (Å²) in [5.41, 5.74) is 6.00. The van der Waals surface area contributed by atoms with Gasteiger partial charge in [-0.25, -0.2) is 9.50 Å². The maximum absolute atomic E-state index is 12.9. The number of hydrogen-bond acceptors (Lipinski definition) is 6. The van der Waals surface area contributed by atoms with Gasteiger partial charge in [-0.2, -0.15) is 5.10 Å². The van der Waals surface area contributed by atoms with Crippen molar-refractivity contribution in [1.29, 1.82) is 0 Å². The van der Waals surface area contributed by atoms with Gasteiger partial charge < -0.3 is 14.8 Å². The highest BCUT2D eigenvalue weighted by atomic mass is 32.2. The predicted octanol–water partition coefficient (Wildman–Crippen LogP) is 5.01. The van der Waals surface area contributed by atoms with Crippen LogP contribution in [0.5, 0.6) is 11.5 Å². The maximum atomic E-state index is 12.9. The van der Waals surface area contributed by atoms with Crippen LogP contribution in [0.25, 0.3) is 16.8 Å². The second kappa shape index (κ2) is 10.00. The molecule has 0 spiro atoms. The Bertz CT molecular complexity index is 1380. The fraction of sp³-hybridized carbons (Fsp3) is 0.296. The average Bonchev–Trinajstić information content (AvgIpc) is 3.31. The highest BCUT2D eigenvalue weighted by Crippen LogP contribution is 2.35. The Hall–Kier alpha value is -3.52. The van der Waals surface area contributed by atoms with Crippen LogP contribution in [0, 0.1) is 6.92 Å². The summed E-state index contributed by atoms with van der Waals surface area (Å²) in [5, 5.41) is 8.69. The number of aromatic nitrogens is 3. The first-order valence-electron chi connectivity index (χ1n) is 11.6. The molecule has 180 valence electrons. The Kier molecular flexibility index (Phi) is 6.63. The van der Waals surface area contributed by atoms with Crippen LogP contribution in [0.15, 0.2) is 59.8 Å². The number of carbonyl (C=O) groups excluding carboxylic acids is 1. The molecule has 0 fully saturated rings. The molecule has 0 aliphatic heterocycles. The molecular weight excluding hydrogens is 460 g/mol. The normalized spacial score (nSPS) is 15.0. The van der Waals surface area contributed by atoms with E-state index < -0.39 is 0 Å². The number of nitrogens with one attached hydrogen (secondary N) is 1. The number of methoxy groups -OCH3 is 2. The fourth-order valence-electron chi connectivity index (χ4n) is 4.64. The summed E-state index contributed by atoms with van der Waals surface area (Å²) in [6, 6.07) is 16.2. The minimum atomic E-state index is 0.0200. The summed E-state index contributed by atoms with van der Waals surface area (Å²) in [7, 11) is 3.23. The number of amides is 1. The Balaban J connectivity index is 1.36. The molecule has 0 saturated carbocycles. The molecule has 4 aromatic rings. The predicted molar refractivity (Wildman–Crippen MR) is 137 cm³/mol. The number of nitrogens with zero attached hydrogens (tertiary/aromatic N) is 3. The number of rotatable bonds is 7. The van der Waals surface area contributed by atoms with Gasteiger partial charge in [-0.05, 0) is 61.1 Å². The van der Waals surface area contributed by atoms with E-state index >= 15 is 0 Å². The van der Waals surface area contributed by atoms with E-state index in [9.17, 15) is 4.79 Å². The largest absolute Gasteiger partial charge is 0.493 e. The van der Waals surface area contributed by atoms with Crippen molar-refractivity contribution in [2.24, 2.45) is 0 Å². The molecule has 0 radical (unpaired) electrons. The van der Waals surface area contributed by atoms with Crippen molar-refractivity contribution in [1.82, 2.24) is 19.9 Å². The van der Waals surface area contributed by atoms with Crippen LogP contribution in [-0.2, 0) is 11.2 Å². The quantitative estimate of drug-likeness (QED) is 0.291. The number of thioether (sulfide) groups is 1. The van der Waals surface area contributed by atoms with E-state index in [2.05, 4.69) is 28.6 Å². The molecule has 2 aromatic heterocycles. The zero-order chi connectivity index (χ0) is 24.4. The number of hydrogen-bond donors (Lipinski definition) is 1. The first-order chi connectivity index (χ1) is 17.1. The molecule has 1 aliphatic rings. The second-order valence-corrected chi connectivity index (χ2v) is 9.59. The molecule has 35 heavy (non-hydrogen) atoms. The molecule has 7 nitrogen and oxygen atoms in total. The summed E-state index contributed by atoms with van der Waals surface area (Å²) < 4.78 is 12.6. The number of ether oxygens (including phenoxy) is 2. The van der Waals surface area contributed by atoms with Crippen molar-refractivity contribution in [2.75, 3.05) is 20.0 Å². The monoisotopic (exact) mass is 488 g/mol. The Morgan fingerprint density at radius 1 is 1.14 bits per heavy atom. The molecule has 2 aromatic carbocycles. The lowest BCUT2D eigenvalue weighted by molar-refractivity contribution is -0.119. The van der Waals surface area contributed by atoms with Crippen LogP contribution in [0.1, 0.15) is 35.7 Å². The summed E-state index contributed by atoms with van der Waals surface area (Å²) in [4.78, 5) is 17.6. The van der Waals surface area contributed by atoms with Gasteiger partial charge in [0.15, 0.2) is 17.1 Å². The van der Waals surface area contributed by atoms with Crippen LogP contribution in [-0.4, -0.2) is 40.5 Å². The number of benzene rings is 2. The second-order valence-electron chi connectivity index (χ2n) is 8.60. The lowest BCUT2D eigenvalue weighted by Crippen LogP contribution is -2.32. The van der Waals surface area contributed by atoms with E-state index in [1.54, 1.807) is 24.9 Å². The third-order valence-corrected chi connectivity index (χ3v) is 7.31. The number of aryl methyl sites for hydroxylation is 2. The minimum absolute atomic E-state index is 0.0200. The van der Waals surface area contributed by atoms with Crippen LogP contribution in [0.2, 0.25) is 0 Å². The van der Waals surface area contributed by atoms with E-state index in [-0.39, 0.29) is 11.9 Å². The molecule has 1 N–H and O–H groups in total. The molecule has 0 bridgehead atoms. The molecule has 1 aliphatic carbocycles. The SMILES string of the molecule is COc1ccc(-c2cnn3c(SCC(=O)NC4CCCc5ccccc54)cc(C)nc23)cc1OC. The third kappa shape index (κ3) is 4.71. The zero-order valence-electron chi connectivity index (χ0n) is 20.1. The van der Waals surface area contributed by atoms with Gasteiger partial charge in [-0.15, -0.1) is 0 Å². The Morgan fingerprint density at radius 3 is 2.80 bits per heavy atom. The lowest BCUT2D eigenvalue weighted by Gasteiger charge is -2.26. The topological polar surface area (TPSA) is 77.8 Å².